The molecule has 1 atom stereocenters. The zero-order chi connectivity index (χ0) is 17.5. The quantitative estimate of drug-likeness (QED) is 0.340. The van der Waals surface area contributed by atoms with Gasteiger partial charge < -0.3 is 20.1 Å². The van der Waals surface area contributed by atoms with E-state index in [-0.39, 0.29) is 24.0 Å². The molecule has 1 fully saturated rings. The molecule has 144 valence electrons. The lowest BCUT2D eigenvalue weighted by Gasteiger charge is -2.17. The Bertz CT molecular complexity index is 561. The van der Waals surface area contributed by atoms with Crippen LogP contribution in [-0.2, 0) is 13.6 Å². The molecule has 0 saturated carbocycles. The molecule has 1 unspecified atom stereocenters. The summed E-state index contributed by atoms with van der Waals surface area (Å²) in [4.78, 5) is 7.20. The summed E-state index contributed by atoms with van der Waals surface area (Å²) in [6.07, 6.45) is 2.49. The third-order valence-electron chi connectivity index (χ3n) is 4.43. The minimum atomic E-state index is 0. The van der Waals surface area contributed by atoms with E-state index in [2.05, 4.69) is 34.4 Å². The van der Waals surface area contributed by atoms with Crippen molar-refractivity contribution in [2.45, 2.75) is 33.2 Å². The van der Waals surface area contributed by atoms with Crippen molar-refractivity contribution in [3.8, 4) is 0 Å². The van der Waals surface area contributed by atoms with Crippen molar-refractivity contribution in [3.63, 3.8) is 0 Å². The molecule has 25 heavy (non-hydrogen) atoms. The Labute approximate surface area is 178 Å². The van der Waals surface area contributed by atoms with Crippen molar-refractivity contribution >= 4 is 53.1 Å². The van der Waals surface area contributed by atoms with Gasteiger partial charge in [0.1, 0.15) is 5.15 Å². The first-order valence-electron chi connectivity index (χ1n) is 8.79. The topological polar surface area (TPSA) is 44.6 Å². The lowest BCUT2D eigenvalue weighted by Crippen LogP contribution is -2.40. The fourth-order valence-electron chi connectivity index (χ4n) is 3.08. The second-order valence-electron chi connectivity index (χ2n) is 6.36. The van der Waals surface area contributed by atoms with Crippen LogP contribution in [0, 0.1) is 5.92 Å². The van der Waals surface area contributed by atoms with Crippen molar-refractivity contribution < 1.29 is 0 Å². The largest absolute Gasteiger partial charge is 0.357 e. The Balaban J connectivity index is 0.00000312. The van der Waals surface area contributed by atoms with E-state index in [9.17, 15) is 0 Å². The van der Waals surface area contributed by atoms with Crippen molar-refractivity contribution in [2.75, 3.05) is 32.7 Å². The second-order valence-corrected chi connectivity index (χ2v) is 7.13. The highest BCUT2D eigenvalue weighted by molar-refractivity contribution is 14.0. The van der Waals surface area contributed by atoms with E-state index in [4.69, 9.17) is 23.2 Å². The summed E-state index contributed by atoms with van der Waals surface area (Å²) < 4.78 is 1.87. The van der Waals surface area contributed by atoms with Gasteiger partial charge in [-0.2, -0.15) is 0 Å². The fourth-order valence-corrected chi connectivity index (χ4v) is 3.50. The first-order chi connectivity index (χ1) is 11.5. The van der Waals surface area contributed by atoms with Crippen molar-refractivity contribution in [3.05, 3.63) is 21.9 Å². The van der Waals surface area contributed by atoms with E-state index in [0.717, 1.165) is 24.7 Å². The molecule has 1 aromatic rings. The average Bonchev–Trinajstić information content (AvgIpc) is 3.11. The number of guanidine groups is 1. The Hall–Kier alpha value is -0.180. The minimum Gasteiger partial charge on any atom is -0.357 e. The second kappa shape index (κ2) is 11.5. The van der Waals surface area contributed by atoms with Gasteiger partial charge in [0.05, 0.1) is 11.6 Å². The summed E-state index contributed by atoms with van der Waals surface area (Å²) in [5, 5.41) is 7.91. The van der Waals surface area contributed by atoms with Crippen LogP contribution in [0.25, 0.3) is 0 Å². The van der Waals surface area contributed by atoms with Gasteiger partial charge in [-0.25, -0.2) is 4.99 Å². The molecule has 0 aromatic carbocycles. The molecule has 5 nitrogen and oxygen atoms in total. The summed E-state index contributed by atoms with van der Waals surface area (Å²) >= 11 is 12.2. The van der Waals surface area contributed by atoms with Gasteiger partial charge in [-0.15, -0.1) is 24.0 Å². The number of halogens is 3. The minimum absolute atomic E-state index is 0. The summed E-state index contributed by atoms with van der Waals surface area (Å²) in [6.45, 7) is 10.3. The molecule has 1 aliphatic rings. The summed E-state index contributed by atoms with van der Waals surface area (Å²) in [6, 6.07) is 1.87. The molecule has 0 amide bonds. The predicted octanol–water partition coefficient (Wildman–Crippen LogP) is 3.74. The Morgan fingerprint density at radius 2 is 2.08 bits per heavy atom. The van der Waals surface area contributed by atoms with Crippen LogP contribution < -0.4 is 10.6 Å². The molecule has 2 rings (SSSR count). The molecule has 1 saturated heterocycles. The highest BCUT2D eigenvalue weighted by atomic mass is 127. The van der Waals surface area contributed by atoms with Gasteiger partial charge in [-0.3, -0.25) is 0 Å². The van der Waals surface area contributed by atoms with E-state index in [1.165, 1.54) is 32.5 Å². The molecule has 0 radical (unpaired) electrons. The molecule has 2 heterocycles. The Morgan fingerprint density at radius 1 is 1.32 bits per heavy atom. The Kier molecular flexibility index (Phi) is 10.5. The van der Waals surface area contributed by atoms with E-state index < -0.39 is 0 Å². The number of aliphatic imine (C=N–C) groups is 1. The molecule has 2 N–H and O–H groups in total. The lowest BCUT2D eigenvalue weighted by atomic mass is 10.1. The van der Waals surface area contributed by atoms with Crippen LogP contribution in [0.1, 0.15) is 32.4 Å². The maximum Gasteiger partial charge on any atom is 0.191 e. The maximum atomic E-state index is 6.11. The third kappa shape index (κ3) is 6.81. The number of aromatic nitrogens is 1. The maximum absolute atomic E-state index is 6.11. The van der Waals surface area contributed by atoms with Crippen LogP contribution in [0.3, 0.4) is 0 Å². The first-order valence-corrected chi connectivity index (χ1v) is 9.54. The van der Waals surface area contributed by atoms with Crippen molar-refractivity contribution in [1.82, 2.24) is 20.1 Å². The molecular formula is C17H30Cl2IN5. The monoisotopic (exact) mass is 501 g/mol. The van der Waals surface area contributed by atoms with Crippen molar-refractivity contribution in [1.29, 1.82) is 0 Å². The fraction of sp³-hybridized carbons (Fsp3) is 0.706. The lowest BCUT2D eigenvalue weighted by molar-refractivity contribution is 0.324. The van der Waals surface area contributed by atoms with Gasteiger partial charge in [0.25, 0.3) is 0 Å². The number of likely N-dealkylation sites (tertiary alicyclic amines) is 1. The molecule has 0 spiro atoms. The summed E-state index contributed by atoms with van der Waals surface area (Å²) in [7, 11) is 1.90. The molecule has 1 aliphatic heterocycles. The van der Waals surface area contributed by atoms with Gasteiger partial charge in [0, 0.05) is 32.4 Å². The molecule has 0 aliphatic carbocycles. The Morgan fingerprint density at radius 3 is 2.68 bits per heavy atom. The van der Waals surface area contributed by atoms with Crippen molar-refractivity contribution in [2.24, 2.45) is 18.0 Å². The molecule has 8 heteroatoms. The first kappa shape index (κ1) is 22.9. The summed E-state index contributed by atoms with van der Waals surface area (Å²) in [5.41, 5.74) is 0.997. The van der Waals surface area contributed by atoms with Crippen LogP contribution in [0.2, 0.25) is 10.2 Å². The average molecular weight is 502 g/mol. The number of rotatable bonds is 7. The molecule has 1 aromatic heterocycles. The van der Waals surface area contributed by atoms with Crippen LogP contribution in [0.4, 0.5) is 0 Å². The standard InChI is InChI=1S/C17H29Cl2N5.HI/c1-4-7-24-8-6-13(12-24)10-21-17(20-5-2)22-11-14-9-15(18)16(19)23(14)3;/h9,13H,4-8,10-12H2,1-3H3,(H2,20,21,22);1H. The number of hydrogen-bond acceptors (Lipinski definition) is 2. The zero-order valence-electron chi connectivity index (χ0n) is 15.3. The normalized spacial score (nSPS) is 18.3. The van der Waals surface area contributed by atoms with Gasteiger partial charge in [-0.1, -0.05) is 30.1 Å². The number of nitrogens with one attached hydrogen (secondary N) is 2. The zero-order valence-corrected chi connectivity index (χ0v) is 19.2. The van der Waals surface area contributed by atoms with Crippen LogP contribution >= 0.6 is 47.2 Å². The van der Waals surface area contributed by atoms with Gasteiger partial charge in [0.15, 0.2) is 5.96 Å². The van der Waals surface area contributed by atoms with Gasteiger partial charge in [-0.05, 0) is 44.8 Å². The van der Waals surface area contributed by atoms with E-state index in [1.807, 2.05) is 17.7 Å². The summed E-state index contributed by atoms with van der Waals surface area (Å²) in [5.74, 6) is 1.54. The van der Waals surface area contributed by atoms with Gasteiger partial charge in [0.2, 0.25) is 0 Å². The predicted molar refractivity (Wildman–Crippen MR) is 119 cm³/mol. The van der Waals surface area contributed by atoms with E-state index >= 15 is 0 Å². The number of hydrogen-bond donors (Lipinski definition) is 2. The van der Waals surface area contributed by atoms with Crippen LogP contribution in [-0.4, -0.2) is 48.2 Å². The highest BCUT2D eigenvalue weighted by Gasteiger charge is 2.21. The van der Waals surface area contributed by atoms with Gasteiger partial charge >= 0.3 is 0 Å². The van der Waals surface area contributed by atoms with E-state index in [0.29, 0.717) is 22.6 Å². The number of nitrogens with zero attached hydrogens (tertiary/aromatic N) is 3. The smallest absolute Gasteiger partial charge is 0.191 e. The molecular weight excluding hydrogens is 472 g/mol. The van der Waals surface area contributed by atoms with Crippen LogP contribution in [0.5, 0.6) is 0 Å². The third-order valence-corrected chi connectivity index (χ3v) is 5.27. The van der Waals surface area contributed by atoms with Crippen LogP contribution in [0.15, 0.2) is 11.1 Å². The van der Waals surface area contributed by atoms with E-state index in [1.54, 1.807) is 0 Å². The SMILES string of the molecule is CCCN1CCC(CNC(=NCc2cc(Cl)c(Cl)n2C)NCC)C1.I. The highest BCUT2D eigenvalue weighted by Crippen LogP contribution is 2.25. The molecule has 0 bridgehead atoms.